The van der Waals surface area contributed by atoms with Gasteiger partial charge in [0.15, 0.2) is 5.78 Å². The second-order valence-electron chi connectivity index (χ2n) is 4.80. The van der Waals surface area contributed by atoms with Gasteiger partial charge in [0.2, 0.25) is 0 Å². The second kappa shape index (κ2) is 6.58. The molecule has 114 valence electrons. The summed E-state index contributed by atoms with van der Waals surface area (Å²) in [5, 5.41) is 0. The fraction of sp³-hybridized carbons (Fsp3) is 0.118. The third-order valence-corrected chi connectivity index (χ3v) is 3.45. The first-order chi connectivity index (χ1) is 10.4. The third kappa shape index (κ3) is 4.05. The third-order valence-electron chi connectivity index (χ3n) is 2.96. The number of rotatable bonds is 6. The normalized spacial score (nSPS) is 11.0. The van der Waals surface area contributed by atoms with Crippen LogP contribution in [-0.4, -0.2) is 20.5 Å². The lowest BCUT2D eigenvalue weighted by Crippen LogP contribution is -2.09. The molecule has 0 radical (unpaired) electrons. The average Bonchev–Trinajstić information content (AvgIpc) is 2.48. The summed E-state index contributed by atoms with van der Waals surface area (Å²) in [5.74, 6) is 0.0869. The number of hydrogen-bond donors (Lipinski definition) is 0. The van der Waals surface area contributed by atoms with E-state index in [0.29, 0.717) is 23.1 Å². The Labute approximate surface area is 130 Å². The van der Waals surface area contributed by atoms with Crippen molar-refractivity contribution in [1.29, 1.82) is 0 Å². The summed E-state index contributed by atoms with van der Waals surface area (Å²) in [5.41, 5.74) is 1.65. The molecule has 0 spiro atoms. The fourth-order valence-electron chi connectivity index (χ4n) is 2.04. The monoisotopic (exact) mass is 316 g/mol. The highest BCUT2D eigenvalue weighted by molar-refractivity contribution is 7.86. The maximum Gasteiger partial charge on any atom is 0.306 e. The number of carbonyl (C=O) groups excluding carboxylic acids is 1. The SMILES string of the molecule is C=CCc1cc(C(=O)c2ccccc2)ccc1OS(C)(=O)=O. The van der Waals surface area contributed by atoms with Crippen molar-refractivity contribution in [2.45, 2.75) is 6.42 Å². The Morgan fingerprint density at radius 3 is 2.41 bits per heavy atom. The van der Waals surface area contributed by atoms with E-state index >= 15 is 0 Å². The molecule has 0 saturated carbocycles. The van der Waals surface area contributed by atoms with Crippen LogP contribution in [0, 0.1) is 0 Å². The summed E-state index contributed by atoms with van der Waals surface area (Å²) < 4.78 is 27.5. The van der Waals surface area contributed by atoms with Gasteiger partial charge in [0.05, 0.1) is 6.26 Å². The Kier molecular flexibility index (Phi) is 4.78. The van der Waals surface area contributed by atoms with Crippen LogP contribution in [-0.2, 0) is 16.5 Å². The van der Waals surface area contributed by atoms with Gasteiger partial charge in [-0.25, -0.2) is 0 Å². The van der Waals surface area contributed by atoms with E-state index in [1.54, 1.807) is 42.5 Å². The van der Waals surface area contributed by atoms with Gasteiger partial charge in [-0.3, -0.25) is 4.79 Å². The van der Waals surface area contributed by atoms with Crippen LogP contribution >= 0.6 is 0 Å². The molecule has 0 atom stereocenters. The summed E-state index contributed by atoms with van der Waals surface area (Å²) in [4.78, 5) is 12.4. The Morgan fingerprint density at radius 2 is 1.82 bits per heavy atom. The largest absolute Gasteiger partial charge is 0.382 e. The molecule has 0 aliphatic heterocycles. The molecule has 4 nitrogen and oxygen atoms in total. The van der Waals surface area contributed by atoms with Crippen LogP contribution < -0.4 is 4.18 Å². The predicted octanol–water partition coefficient (Wildman–Crippen LogP) is 2.98. The van der Waals surface area contributed by atoms with Crippen molar-refractivity contribution in [3.63, 3.8) is 0 Å². The molecule has 0 heterocycles. The molecular formula is C17H16O4S. The first-order valence-electron chi connectivity index (χ1n) is 6.64. The molecular weight excluding hydrogens is 300 g/mol. The summed E-state index contributed by atoms with van der Waals surface area (Å²) in [6, 6.07) is 13.6. The fourth-order valence-corrected chi connectivity index (χ4v) is 2.53. The molecule has 0 fully saturated rings. The molecule has 0 N–H and O–H groups in total. The van der Waals surface area contributed by atoms with Gasteiger partial charge in [0.1, 0.15) is 5.75 Å². The lowest BCUT2D eigenvalue weighted by atomic mass is 10.00. The van der Waals surface area contributed by atoms with Crippen LogP contribution in [0.2, 0.25) is 0 Å². The standard InChI is InChI=1S/C17H16O4S/c1-3-7-14-12-15(10-11-16(14)21-22(2,19)20)17(18)13-8-5-4-6-9-13/h3-6,8-12H,1,7H2,2H3. The van der Waals surface area contributed by atoms with Crippen molar-refractivity contribution >= 4 is 15.9 Å². The molecule has 2 aromatic rings. The van der Waals surface area contributed by atoms with Gasteiger partial charge in [0.25, 0.3) is 0 Å². The van der Waals surface area contributed by atoms with Gasteiger partial charge in [-0.15, -0.1) is 6.58 Å². The van der Waals surface area contributed by atoms with Crippen LogP contribution in [0.4, 0.5) is 0 Å². The van der Waals surface area contributed by atoms with Crippen molar-refractivity contribution in [2.75, 3.05) is 6.26 Å². The maximum absolute atomic E-state index is 12.4. The van der Waals surface area contributed by atoms with Gasteiger partial charge in [0, 0.05) is 16.7 Å². The number of benzene rings is 2. The van der Waals surface area contributed by atoms with E-state index in [9.17, 15) is 13.2 Å². The highest BCUT2D eigenvalue weighted by Gasteiger charge is 2.14. The molecule has 0 bridgehead atoms. The zero-order chi connectivity index (χ0) is 16.2. The minimum Gasteiger partial charge on any atom is -0.382 e. The van der Waals surface area contributed by atoms with Gasteiger partial charge in [-0.1, -0.05) is 36.4 Å². The zero-order valence-electron chi connectivity index (χ0n) is 12.2. The number of ketones is 1. The van der Waals surface area contributed by atoms with Crippen LogP contribution in [0.15, 0.2) is 61.2 Å². The number of carbonyl (C=O) groups is 1. The van der Waals surface area contributed by atoms with Crippen LogP contribution in [0.1, 0.15) is 21.5 Å². The average molecular weight is 316 g/mol. The summed E-state index contributed by atoms with van der Waals surface area (Å²) >= 11 is 0. The van der Waals surface area contributed by atoms with Crippen LogP contribution in [0.5, 0.6) is 5.75 Å². The van der Waals surface area contributed by atoms with Gasteiger partial charge in [-0.05, 0) is 24.6 Å². The molecule has 0 unspecified atom stereocenters. The predicted molar refractivity (Wildman–Crippen MR) is 85.7 cm³/mol. The Bertz CT molecular complexity index is 793. The van der Waals surface area contributed by atoms with E-state index in [-0.39, 0.29) is 11.5 Å². The van der Waals surface area contributed by atoms with Gasteiger partial charge < -0.3 is 4.18 Å². The first kappa shape index (κ1) is 16.0. The maximum atomic E-state index is 12.4. The van der Waals surface area contributed by atoms with Crippen molar-refractivity contribution < 1.29 is 17.4 Å². The summed E-state index contributed by atoms with van der Waals surface area (Å²) in [6.45, 7) is 3.64. The van der Waals surface area contributed by atoms with Crippen LogP contribution in [0.3, 0.4) is 0 Å². The first-order valence-corrected chi connectivity index (χ1v) is 8.45. The lowest BCUT2D eigenvalue weighted by Gasteiger charge is -2.10. The van der Waals surface area contributed by atoms with Gasteiger partial charge >= 0.3 is 10.1 Å². The topological polar surface area (TPSA) is 60.4 Å². The molecule has 2 rings (SSSR count). The minimum absolute atomic E-state index is 0.128. The van der Waals surface area contributed by atoms with Crippen molar-refractivity contribution in [2.24, 2.45) is 0 Å². The van der Waals surface area contributed by atoms with E-state index in [4.69, 9.17) is 4.18 Å². The van der Waals surface area contributed by atoms with Crippen molar-refractivity contribution in [3.8, 4) is 5.75 Å². The highest BCUT2D eigenvalue weighted by Crippen LogP contribution is 2.24. The summed E-state index contributed by atoms with van der Waals surface area (Å²) in [6.07, 6.45) is 3.01. The van der Waals surface area contributed by atoms with Gasteiger partial charge in [-0.2, -0.15) is 8.42 Å². The summed E-state index contributed by atoms with van der Waals surface area (Å²) in [7, 11) is -3.62. The minimum atomic E-state index is -3.62. The molecule has 22 heavy (non-hydrogen) atoms. The number of allylic oxidation sites excluding steroid dienone is 1. The van der Waals surface area contributed by atoms with Crippen LogP contribution in [0.25, 0.3) is 0 Å². The quantitative estimate of drug-likeness (QED) is 0.467. The van der Waals surface area contributed by atoms with E-state index in [1.165, 1.54) is 6.07 Å². The lowest BCUT2D eigenvalue weighted by molar-refractivity contribution is 0.103. The molecule has 0 aliphatic carbocycles. The zero-order valence-corrected chi connectivity index (χ0v) is 13.0. The van der Waals surface area contributed by atoms with E-state index in [2.05, 4.69) is 6.58 Å². The highest BCUT2D eigenvalue weighted by atomic mass is 32.2. The molecule has 5 heteroatoms. The Balaban J connectivity index is 2.41. The molecule has 0 saturated heterocycles. The Hall–Kier alpha value is -2.40. The second-order valence-corrected chi connectivity index (χ2v) is 6.37. The van der Waals surface area contributed by atoms with E-state index in [1.807, 2.05) is 6.07 Å². The van der Waals surface area contributed by atoms with Crippen molar-refractivity contribution in [3.05, 3.63) is 77.9 Å². The molecule has 0 amide bonds. The van der Waals surface area contributed by atoms with E-state index < -0.39 is 10.1 Å². The molecule has 2 aromatic carbocycles. The number of hydrogen-bond acceptors (Lipinski definition) is 4. The smallest absolute Gasteiger partial charge is 0.306 e. The molecule has 0 aliphatic rings. The van der Waals surface area contributed by atoms with Crippen molar-refractivity contribution in [1.82, 2.24) is 0 Å². The molecule has 0 aromatic heterocycles. The van der Waals surface area contributed by atoms with E-state index in [0.717, 1.165) is 6.26 Å². The Morgan fingerprint density at radius 1 is 1.14 bits per heavy atom.